The van der Waals surface area contributed by atoms with Gasteiger partial charge in [0.05, 0.1) is 5.52 Å². The van der Waals surface area contributed by atoms with Crippen molar-refractivity contribution in [2.45, 2.75) is 26.7 Å². The van der Waals surface area contributed by atoms with E-state index in [9.17, 15) is 4.79 Å². The van der Waals surface area contributed by atoms with Crippen molar-refractivity contribution in [1.29, 1.82) is 0 Å². The molecule has 0 aliphatic carbocycles. The molecule has 0 radical (unpaired) electrons. The number of carboxylic acids is 1. The lowest BCUT2D eigenvalue weighted by Crippen LogP contribution is -2.27. The Morgan fingerprint density at radius 2 is 1.80 bits per heavy atom. The van der Waals surface area contributed by atoms with Crippen LogP contribution in [0.2, 0.25) is 0 Å². The number of para-hydroxylation sites is 1. The zero-order valence-corrected chi connectivity index (χ0v) is 11.8. The van der Waals surface area contributed by atoms with Crippen molar-refractivity contribution in [3.8, 4) is 0 Å². The molecule has 5 heteroatoms. The highest BCUT2D eigenvalue weighted by molar-refractivity contribution is 5.93. The largest absolute Gasteiger partial charge is 0.475 e. The Kier molecular flexibility index (Phi) is 4.50. The normalized spacial score (nSPS) is 10.7. The molecule has 1 heterocycles. The van der Waals surface area contributed by atoms with E-state index in [2.05, 4.69) is 28.7 Å². The number of aromatic nitrogens is 2. The molecule has 1 aromatic heterocycles. The molecule has 2 rings (SSSR count). The van der Waals surface area contributed by atoms with Crippen LogP contribution >= 0.6 is 0 Å². The number of hydrogen-bond acceptors (Lipinski definition) is 4. The van der Waals surface area contributed by atoms with E-state index in [-0.39, 0.29) is 5.82 Å². The lowest BCUT2D eigenvalue weighted by atomic mass is 10.2. The van der Waals surface area contributed by atoms with Gasteiger partial charge in [-0.25, -0.2) is 14.8 Å². The van der Waals surface area contributed by atoms with Crippen LogP contribution in [0, 0.1) is 0 Å². The van der Waals surface area contributed by atoms with Crippen molar-refractivity contribution in [2.24, 2.45) is 0 Å². The fraction of sp³-hybridized carbons (Fsp3) is 0.400. The van der Waals surface area contributed by atoms with Gasteiger partial charge in [-0.2, -0.15) is 0 Å². The molecule has 5 nitrogen and oxygen atoms in total. The number of nitrogens with zero attached hydrogens (tertiary/aromatic N) is 3. The monoisotopic (exact) mass is 273 g/mol. The number of aromatic carboxylic acids is 1. The van der Waals surface area contributed by atoms with E-state index in [0.717, 1.165) is 37.1 Å². The SMILES string of the molecule is CCCN(CCC)c1nc(C(=O)O)nc2ccccc12. The first-order chi connectivity index (χ1) is 9.67. The Morgan fingerprint density at radius 1 is 1.15 bits per heavy atom. The molecule has 1 aromatic carbocycles. The van der Waals surface area contributed by atoms with Crippen molar-refractivity contribution in [3.05, 3.63) is 30.1 Å². The van der Waals surface area contributed by atoms with Gasteiger partial charge in [0.15, 0.2) is 0 Å². The minimum atomic E-state index is -1.09. The van der Waals surface area contributed by atoms with Crippen molar-refractivity contribution in [2.75, 3.05) is 18.0 Å². The van der Waals surface area contributed by atoms with Gasteiger partial charge in [0.2, 0.25) is 5.82 Å². The summed E-state index contributed by atoms with van der Waals surface area (Å²) in [5, 5.41) is 10.1. The molecule has 0 unspecified atom stereocenters. The molecule has 0 aliphatic heterocycles. The summed E-state index contributed by atoms with van der Waals surface area (Å²) < 4.78 is 0. The van der Waals surface area contributed by atoms with Gasteiger partial charge < -0.3 is 10.0 Å². The molecular formula is C15H19N3O2. The number of hydrogen-bond donors (Lipinski definition) is 1. The fourth-order valence-electron chi connectivity index (χ4n) is 2.26. The van der Waals surface area contributed by atoms with E-state index in [4.69, 9.17) is 5.11 Å². The van der Waals surface area contributed by atoms with E-state index >= 15 is 0 Å². The third kappa shape index (κ3) is 2.87. The van der Waals surface area contributed by atoms with Crippen LogP contribution in [0.15, 0.2) is 24.3 Å². The lowest BCUT2D eigenvalue weighted by molar-refractivity contribution is 0.0684. The molecule has 0 saturated heterocycles. The van der Waals surface area contributed by atoms with E-state index in [1.165, 1.54) is 0 Å². The number of anilines is 1. The minimum absolute atomic E-state index is 0.143. The van der Waals surface area contributed by atoms with Gasteiger partial charge >= 0.3 is 5.97 Å². The molecule has 1 N–H and O–H groups in total. The fourth-order valence-corrected chi connectivity index (χ4v) is 2.26. The zero-order chi connectivity index (χ0) is 14.5. The number of rotatable bonds is 6. The molecule has 0 spiro atoms. The lowest BCUT2D eigenvalue weighted by Gasteiger charge is -2.24. The summed E-state index contributed by atoms with van der Waals surface area (Å²) >= 11 is 0. The third-order valence-electron chi connectivity index (χ3n) is 3.06. The van der Waals surface area contributed by atoms with Crippen LogP contribution in [0.4, 0.5) is 5.82 Å². The Labute approximate surface area is 118 Å². The first-order valence-electron chi connectivity index (χ1n) is 6.92. The number of fused-ring (bicyclic) bond motifs is 1. The summed E-state index contributed by atoms with van der Waals surface area (Å²) in [7, 11) is 0. The van der Waals surface area contributed by atoms with Crippen molar-refractivity contribution in [1.82, 2.24) is 9.97 Å². The van der Waals surface area contributed by atoms with Crippen LogP contribution in [-0.4, -0.2) is 34.1 Å². The van der Waals surface area contributed by atoms with Gasteiger partial charge in [0.25, 0.3) is 0 Å². The number of benzene rings is 1. The van der Waals surface area contributed by atoms with Crippen LogP contribution in [0.3, 0.4) is 0 Å². The van der Waals surface area contributed by atoms with Gasteiger partial charge in [0, 0.05) is 18.5 Å². The maximum atomic E-state index is 11.2. The second kappa shape index (κ2) is 6.32. The summed E-state index contributed by atoms with van der Waals surface area (Å²) in [6, 6.07) is 7.54. The predicted molar refractivity (Wildman–Crippen MR) is 79.3 cm³/mol. The van der Waals surface area contributed by atoms with Gasteiger partial charge in [-0.3, -0.25) is 0 Å². The smallest absolute Gasteiger partial charge is 0.374 e. The Hall–Kier alpha value is -2.17. The van der Waals surface area contributed by atoms with Crippen molar-refractivity contribution < 1.29 is 9.90 Å². The van der Waals surface area contributed by atoms with Crippen molar-refractivity contribution in [3.63, 3.8) is 0 Å². The zero-order valence-electron chi connectivity index (χ0n) is 11.8. The maximum absolute atomic E-state index is 11.2. The van der Waals surface area contributed by atoms with Crippen LogP contribution in [0.1, 0.15) is 37.3 Å². The van der Waals surface area contributed by atoms with Crippen LogP contribution < -0.4 is 4.90 Å². The quantitative estimate of drug-likeness (QED) is 0.876. The third-order valence-corrected chi connectivity index (χ3v) is 3.06. The van der Waals surface area contributed by atoms with Crippen LogP contribution in [0.25, 0.3) is 10.9 Å². The van der Waals surface area contributed by atoms with Gasteiger partial charge in [-0.1, -0.05) is 26.0 Å². The Morgan fingerprint density at radius 3 is 2.40 bits per heavy atom. The topological polar surface area (TPSA) is 66.3 Å². The second-order valence-corrected chi connectivity index (χ2v) is 4.68. The molecule has 0 aliphatic rings. The highest BCUT2D eigenvalue weighted by Crippen LogP contribution is 2.24. The van der Waals surface area contributed by atoms with Gasteiger partial charge in [-0.15, -0.1) is 0 Å². The summed E-state index contributed by atoms with van der Waals surface area (Å²) in [5.74, 6) is -0.516. The number of carboxylic acid groups (broad SMARTS) is 1. The Bertz CT molecular complexity index is 607. The van der Waals surface area contributed by atoms with Gasteiger partial charge in [-0.05, 0) is 25.0 Å². The molecule has 106 valence electrons. The minimum Gasteiger partial charge on any atom is -0.475 e. The molecule has 0 atom stereocenters. The van der Waals surface area contributed by atoms with Crippen LogP contribution in [-0.2, 0) is 0 Å². The van der Waals surface area contributed by atoms with E-state index < -0.39 is 5.97 Å². The summed E-state index contributed by atoms with van der Waals surface area (Å²) in [5.41, 5.74) is 0.673. The van der Waals surface area contributed by atoms with Crippen molar-refractivity contribution >= 4 is 22.7 Å². The van der Waals surface area contributed by atoms with E-state index in [0.29, 0.717) is 5.52 Å². The molecule has 0 saturated carbocycles. The number of carbonyl (C=O) groups is 1. The van der Waals surface area contributed by atoms with E-state index in [1.807, 2.05) is 24.3 Å². The first kappa shape index (κ1) is 14.2. The molecule has 2 aromatic rings. The average Bonchev–Trinajstić information content (AvgIpc) is 2.46. The predicted octanol–water partition coefficient (Wildman–Crippen LogP) is 2.95. The molecular weight excluding hydrogens is 254 g/mol. The van der Waals surface area contributed by atoms with Gasteiger partial charge in [0.1, 0.15) is 5.82 Å². The maximum Gasteiger partial charge on any atom is 0.374 e. The molecule has 0 bridgehead atoms. The standard InChI is InChI=1S/C15H19N3O2/c1-3-9-18(10-4-2)14-11-7-5-6-8-12(11)16-13(17-14)15(19)20/h5-8H,3-4,9-10H2,1-2H3,(H,19,20). The summed E-state index contributed by atoms with van der Waals surface area (Å²) in [4.78, 5) is 21.7. The molecule has 20 heavy (non-hydrogen) atoms. The summed E-state index contributed by atoms with van der Waals surface area (Å²) in [6.07, 6.45) is 1.97. The van der Waals surface area contributed by atoms with E-state index in [1.54, 1.807) is 0 Å². The summed E-state index contributed by atoms with van der Waals surface area (Å²) in [6.45, 7) is 5.91. The molecule has 0 fully saturated rings. The van der Waals surface area contributed by atoms with Crippen LogP contribution in [0.5, 0.6) is 0 Å². The average molecular weight is 273 g/mol. The first-order valence-corrected chi connectivity index (χ1v) is 6.92. The molecule has 0 amide bonds. The Balaban J connectivity index is 2.61. The highest BCUT2D eigenvalue weighted by Gasteiger charge is 2.16. The second-order valence-electron chi connectivity index (χ2n) is 4.68. The highest BCUT2D eigenvalue weighted by atomic mass is 16.4.